The van der Waals surface area contributed by atoms with E-state index in [9.17, 15) is 0 Å². The standard InChI is InChI=1S/C13H17N3O/c1-3-10-9-15-16-13(10)12(5-1)17-11-4-2-7-14-8-6-11/h1,3,5,9,11,14H,2,4,6-8H2,(H,15,16). The summed E-state index contributed by atoms with van der Waals surface area (Å²) in [7, 11) is 0. The van der Waals surface area contributed by atoms with Crippen LogP contribution in [0.4, 0.5) is 0 Å². The van der Waals surface area contributed by atoms with Gasteiger partial charge in [-0.15, -0.1) is 0 Å². The Labute approximate surface area is 100 Å². The average molecular weight is 231 g/mol. The van der Waals surface area contributed by atoms with E-state index in [-0.39, 0.29) is 0 Å². The van der Waals surface area contributed by atoms with Gasteiger partial charge in [-0.05, 0) is 38.4 Å². The number of rotatable bonds is 2. The lowest BCUT2D eigenvalue weighted by Crippen LogP contribution is -2.19. The molecule has 0 aliphatic carbocycles. The minimum absolute atomic E-state index is 0.318. The van der Waals surface area contributed by atoms with Gasteiger partial charge in [0.25, 0.3) is 0 Å². The number of nitrogens with one attached hydrogen (secondary N) is 2. The minimum Gasteiger partial charge on any atom is -0.488 e. The molecule has 0 spiro atoms. The Hall–Kier alpha value is -1.55. The third-order valence-corrected chi connectivity index (χ3v) is 3.25. The van der Waals surface area contributed by atoms with Crippen LogP contribution in [0.2, 0.25) is 0 Å². The fraction of sp³-hybridized carbons (Fsp3) is 0.462. The van der Waals surface area contributed by atoms with Crippen molar-refractivity contribution >= 4 is 10.9 Å². The molecule has 90 valence electrons. The molecule has 0 radical (unpaired) electrons. The number of fused-ring (bicyclic) bond motifs is 1. The zero-order chi connectivity index (χ0) is 11.5. The first kappa shape index (κ1) is 10.6. The zero-order valence-corrected chi connectivity index (χ0v) is 9.78. The van der Waals surface area contributed by atoms with Crippen molar-refractivity contribution in [3.63, 3.8) is 0 Å². The van der Waals surface area contributed by atoms with Crippen molar-refractivity contribution in [2.75, 3.05) is 13.1 Å². The first-order valence-electron chi connectivity index (χ1n) is 6.23. The molecule has 1 aliphatic heterocycles. The summed E-state index contributed by atoms with van der Waals surface area (Å²) in [5, 5.41) is 11.6. The summed E-state index contributed by atoms with van der Waals surface area (Å²) >= 11 is 0. The molecule has 3 rings (SSSR count). The summed E-state index contributed by atoms with van der Waals surface area (Å²) in [6, 6.07) is 6.07. The van der Waals surface area contributed by atoms with Crippen LogP contribution >= 0.6 is 0 Å². The fourth-order valence-electron chi connectivity index (χ4n) is 2.32. The van der Waals surface area contributed by atoms with Crippen LogP contribution in [0.3, 0.4) is 0 Å². The third-order valence-electron chi connectivity index (χ3n) is 3.25. The van der Waals surface area contributed by atoms with E-state index in [1.165, 1.54) is 6.42 Å². The molecule has 4 heteroatoms. The van der Waals surface area contributed by atoms with E-state index in [1.54, 1.807) is 0 Å². The molecule has 1 aliphatic rings. The molecule has 0 amide bonds. The summed E-state index contributed by atoms with van der Waals surface area (Å²) in [5.74, 6) is 0.923. The van der Waals surface area contributed by atoms with Crippen molar-refractivity contribution in [1.82, 2.24) is 15.5 Å². The molecule has 1 unspecified atom stereocenters. The second-order valence-electron chi connectivity index (χ2n) is 4.51. The molecule has 0 saturated carbocycles. The summed E-state index contributed by atoms with van der Waals surface area (Å²) in [6.07, 6.45) is 5.53. The van der Waals surface area contributed by atoms with E-state index in [1.807, 2.05) is 24.4 Å². The molecule has 1 saturated heterocycles. The van der Waals surface area contributed by atoms with Crippen molar-refractivity contribution in [3.05, 3.63) is 24.4 Å². The van der Waals surface area contributed by atoms with Crippen LogP contribution in [0.15, 0.2) is 24.4 Å². The van der Waals surface area contributed by atoms with Gasteiger partial charge in [-0.25, -0.2) is 0 Å². The number of ether oxygens (including phenoxy) is 1. The number of hydrogen-bond donors (Lipinski definition) is 2. The third kappa shape index (κ3) is 2.26. The van der Waals surface area contributed by atoms with Crippen LogP contribution in [-0.4, -0.2) is 29.4 Å². The van der Waals surface area contributed by atoms with Crippen molar-refractivity contribution in [2.24, 2.45) is 0 Å². The van der Waals surface area contributed by atoms with E-state index in [0.29, 0.717) is 6.10 Å². The summed E-state index contributed by atoms with van der Waals surface area (Å²) in [5.41, 5.74) is 1.00. The van der Waals surface area contributed by atoms with Crippen molar-refractivity contribution < 1.29 is 4.74 Å². The van der Waals surface area contributed by atoms with E-state index < -0.39 is 0 Å². The van der Waals surface area contributed by atoms with Gasteiger partial charge in [-0.1, -0.05) is 12.1 Å². The van der Waals surface area contributed by atoms with Gasteiger partial charge in [0.1, 0.15) is 17.4 Å². The SMILES string of the molecule is c1cc(OC2CCCNCC2)c2[nH]ncc2c1. The van der Waals surface area contributed by atoms with Crippen LogP contribution in [0.25, 0.3) is 10.9 Å². The monoisotopic (exact) mass is 231 g/mol. The highest BCUT2D eigenvalue weighted by atomic mass is 16.5. The molecule has 17 heavy (non-hydrogen) atoms. The smallest absolute Gasteiger partial charge is 0.145 e. The summed E-state index contributed by atoms with van der Waals surface area (Å²) in [4.78, 5) is 0. The van der Waals surface area contributed by atoms with Gasteiger partial charge in [0.15, 0.2) is 0 Å². The Morgan fingerprint density at radius 3 is 3.24 bits per heavy atom. The first-order chi connectivity index (χ1) is 8.43. The first-order valence-corrected chi connectivity index (χ1v) is 6.23. The molecule has 1 aromatic carbocycles. The van der Waals surface area contributed by atoms with Gasteiger partial charge in [0.2, 0.25) is 0 Å². The lowest BCUT2D eigenvalue weighted by molar-refractivity contribution is 0.189. The van der Waals surface area contributed by atoms with Gasteiger partial charge in [-0.3, -0.25) is 5.10 Å². The number of H-pyrrole nitrogens is 1. The van der Waals surface area contributed by atoms with Gasteiger partial charge in [0, 0.05) is 5.39 Å². The molecule has 4 nitrogen and oxygen atoms in total. The maximum absolute atomic E-state index is 6.10. The molecule has 1 aromatic heterocycles. The van der Waals surface area contributed by atoms with Gasteiger partial charge in [0.05, 0.1) is 6.20 Å². The Kier molecular flexibility index (Phi) is 2.96. The quantitative estimate of drug-likeness (QED) is 0.832. The predicted molar refractivity (Wildman–Crippen MR) is 67.2 cm³/mol. The highest BCUT2D eigenvalue weighted by Gasteiger charge is 2.14. The number of nitrogens with zero attached hydrogens (tertiary/aromatic N) is 1. The van der Waals surface area contributed by atoms with E-state index in [0.717, 1.165) is 42.6 Å². The molecule has 1 fully saturated rings. The molecule has 1 atom stereocenters. The van der Waals surface area contributed by atoms with Gasteiger partial charge in [-0.2, -0.15) is 5.10 Å². The number of aromatic nitrogens is 2. The van der Waals surface area contributed by atoms with Crippen LogP contribution in [-0.2, 0) is 0 Å². The zero-order valence-electron chi connectivity index (χ0n) is 9.78. The molecule has 2 heterocycles. The molecular weight excluding hydrogens is 214 g/mol. The van der Waals surface area contributed by atoms with Crippen molar-refractivity contribution in [3.8, 4) is 5.75 Å². The largest absolute Gasteiger partial charge is 0.488 e. The number of para-hydroxylation sites is 1. The average Bonchev–Trinajstić information content (AvgIpc) is 2.69. The summed E-state index contributed by atoms with van der Waals surface area (Å²) in [6.45, 7) is 2.15. The molecular formula is C13H17N3O. The highest BCUT2D eigenvalue weighted by Crippen LogP contribution is 2.25. The second kappa shape index (κ2) is 4.75. The normalized spacial score (nSPS) is 21.3. The van der Waals surface area contributed by atoms with E-state index >= 15 is 0 Å². The van der Waals surface area contributed by atoms with Crippen molar-refractivity contribution in [2.45, 2.75) is 25.4 Å². The highest BCUT2D eigenvalue weighted by molar-refractivity contribution is 5.83. The lowest BCUT2D eigenvalue weighted by atomic mass is 10.1. The molecule has 0 bridgehead atoms. The topological polar surface area (TPSA) is 49.9 Å². The number of hydrogen-bond acceptors (Lipinski definition) is 3. The van der Waals surface area contributed by atoms with E-state index in [4.69, 9.17) is 4.74 Å². The Morgan fingerprint density at radius 2 is 2.24 bits per heavy atom. The molecule has 2 N–H and O–H groups in total. The Bertz CT molecular complexity index is 486. The van der Waals surface area contributed by atoms with Gasteiger partial charge >= 0.3 is 0 Å². The summed E-state index contributed by atoms with van der Waals surface area (Å²) < 4.78 is 6.10. The maximum atomic E-state index is 6.10. The van der Waals surface area contributed by atoms with Crippen LogP contribution in [0.1, 0.15) is 19.3 Å². The Morgan fingerprint density at radius 1 is 1.24 bits per heavy atom. The fourth-order valence-corrected chi connectivity index (χ4v) is 2.32. The molecule has 2 aromatic rings. The number of benzene rings is 1. The second-order valence-corrected chi connectivity index (χ2v) is 4.51. The van der Waals surface area contributed by atoms with Gasteiger partial charge < -0.3 is 10.1 Å². The maximum Gasteiger partial charge on any atom is 0.145 e. The van der Waals surface area contributed by atoms with Crippen LogP contribution in [0, 0.1) is 0 Å². The van der Waals surface area contributed by atoms with Crippen LogP contribution in [0.5, 0.6) is 5.75 Å². The van der Waals surface area contributed by atoms with E-state index in [2.05, 4.69) is 15.5 Å². The lowest BCUT2D eigenvalue weighted by Gasteiger charge is -2.16. The van der Waals surface area contributed by atoms with Crippen LogP contribution < -0.4 is 10.1 Å². The Balaban J connectivity index is 1.81. The predicted octanol–water partition coefficient (Wildman–Crippen LogP) is 2.08. The minimum atomic E-state index is 0.318. The number of aromatic amines is 1. The van der Waals surface area contributed by atoms with Crippen molar-refractivity contribution in [1.29, 1.82) is 0 Å².